The third-order valence-electron chi connectivity index (χ3n) is 4.79. The smallest absolute Gasteiger partial charge is 0.126 e. The Labute approximate surface area is 138 Å². The van der Waals surface area contributed by atoms with Crippen LogP contribution in [0.4, 0.5) is 4.39 Å². The van der Waals surface area contributed by atoms with E-state index in [2.05, 4.69) is 31.2 Å². The van der Waals surface area contributed by atoms with Gasteiger partial charge in [-0.15, -0.1) is 0 Å². The van der Waals surface area contributed by atoms with Crippen molar-refractivity contribution in [2.75, 3.05) is 6.61 Å². The monoisotopic (exact) mass is 312 g/mol. The van der Waals surface area contributed by atoms with Gasteiger partial charge in [-0.2, -0.15) is 0 Å². The van der Waals surface area contributed by atoms with Crippen molar-refractivity contribution < 1.29 is 9.13 Å². The summed E-state index contributed by atoms with van der Waals surface area (Å²) in [5, 5.41) is 0. The molecule has 2 aromatic carbocycles. The van der Waals surface area contributed by atoms with Crippen LogP contribution in [-0.2, 0) is 17.6 Å². The van der Waals surface area contributed by atoms with Gasteiger partial charge in [0.25, 0.3) is 0 Å². The van der Waals surface area contributed by atoms with Crippen molar-refractivity contribution in [2.24, 2.45) is 5.92 Å². The topological polar surface area (TPSA) is 9.23 Å². The second-order valence-electron chi connectivity index (χ2n) is 6.83. The number of benzene rings is 2. The fraction of sp³-hybridized carbons (Fsp3) is 0.429. The van der Waals surface area contributed by atoms with Gasteiger partial charge in [0, 0.05) is 6.61 Å². The van der Waals surface area contributed by atoms with Crippen LogP contribution in [0.3, 0.4) is 0 Å². The summed E-state index contributed by atoms with van der Waals surface area (Å²) in [6.45, 7) is 4.91. The summed E-state index contributed by atoms with van der Waals surface area (Å²) in [4.78, 5) is 0. The number of halogens is 1. The molecule has 122 valence electrons. The van der Waals surface area contributed by atoms with E-state index < -0.39 is 0 Å². The first-order valence-corrected chi connectivity index (χ1v) is 8.57. The maximum atomic E-state index is 13.6. The summed E-state index contributed by atoms with van der Waals surface area (Å²) in [7, 11) is 0. The predicted octanol–water partition coefficient (Wildman–Crippen LogP) is 5.41. The zero-order valence-corrected chi connectivity index (χ0v) is 14.0. The second kappa shape index (κ2) is 7.27. The van der Waals surface area contributed by atoms with Crippen molar-refractivity contribution in [1.29, 1.82) is 0 Å². The zero-order valence-electron chi connectivity index (χ0n) is 14.0. The van der Waals surface area contributed by atoms with Gasteiger partial charge >= 0.3 is 0 Å². The van der Waals surface area contributed by atoms with Crippen molar-refractivity contribution >= 4 is 0 Å². The molecule has 0 spiro atoms. The molecule has 3 rings (SSSR count). The van der Waals surface area contributed by atoms with E-state index >= 15 is 0 Å². The van der Waals surface area contributed by atoms with E-state index in [1.807, 2.05) is 12.1 Å². The van der Waals surface area contributed by atoms with Crippen LogP contribution in [0.2, 0.25) is 0 Å². The van der Waals surface area contributed by atoms with E-state index in [0.29, 0.717) is 11.5 Å². The summed E-state index contributed by atoms with van der Waals surface area (Å²) in [6.07, 6.45) is 4.42. The zero-order chi connectivity index (χ0) is 16.2. The summed E-state index contributed by atoms with van der Waals surface area (Å²) < 4.78 is 19.5. The van der Waals surface area contributed by atoms with Crippen LogP contribution >= 0.6 is 0 Å². The van der Waals surface area contributed by atoms with E-state index in [-0.39, 0.29) is 11.9 Å². The van der Waals surface area contributed by atoms with Gasteiger partial charge in [0.2, 0.25) is 0 Å². The first-order chi connectivity index (χ1) is 11.1. The van der Waals surface area contributed by atoms with Gasteiger partial charge in [-0.1, -0.05) is 43.3 Å². The highest BCUT2D eigenvalue weighted by atomic mass is 19.1. The Kier molecular flexibility index (Phi) is 5.12. The lowest BCUT2D eigenvalue weighted by Crippen LogP contribution is -2.18. The molecule has 2 atom stereocenters. The summed E-state index contributed by atoms with van der Waals surface area (Å²) in [6, 6.07) is 14.3. The largest absolute Gasteiger partial charge is 0.373 e. The maximum absolute atomic E-state index is 13.6. The number of ether oxygens (including phenoxy) is 1. The average Bonchev–Trinajstić information content (AvgIpc) is 2.57. The first-order valence-electron chi connectivity index (χ1n) is 8.57. The van der Waals surface area contributed by atoms with E-state index in [1.165, 1.54) is 17.5 Å². The third-order valence-corrected chi connectivity index (χ3v) is 4.79. The van der Waals surface area contributed by atoms with Gasteiger partial charge in [-0.3, -0.25) is 0 Å². The molecular weight excluding hydrogens is 287 g/mol. The second-order valence-corrected chi connectivity index (χ2v) is 6.83. The summed E-state index contributed by atoms with van der Waals surface area (Å²) >= 11 is 0. The lowest BCUT2D eigenvalue weighted by Gasteiger charge is -2.27. The van der Waals surface area contributed by atoms with Crippen LogP contribution in [0.1, 0.15) is 48.1 Å². The normalized spacial score (nSPS) is 21.3. The molecule has 2 unspecified atom stereocenters. The Balaban J connectivity index is 1.58. The Morgan fingerprint density at radius 3 is 2.35 bits per heavy atom. The molecule has 0 radical (unpaired) electrons. The fourth-order valence-electron chi connectivity index (χ4n) is 3.13. The van der Waals surface area contributed by atoms with Crippen LogP contribution in [0, 0.1) is 18.7 Å². The van der Waals surface area contributed by atoms with Gasteiger partial charge < -0.3 is 4.74 Å². The van der Waals surface area contributed by atoms with E-state index in [1.54, 1.807) is 13.0 Å². The van der Waals surface area contributed by atoms with Gasteiger partial charge in [0.1, 0.15) is 5.82 Å². The SMILES string of the molecule is Cc1ccc(CCc2ccc(C3CCC(C)CO3)cc2)cc1F. The van der Waals surface area contributed by atoms with Crippen molar-refractivity contribution in [3.8, 4) is 0 Å². The highest BCUT2D eigenvalue weighted by molar-refractivity contribution is 5.27. The molecule has 1 heterocycles. The van der Waals surface area contributed by atoms with Gasteiger partial charge in [-0.05, 0) is 66.8 Å². The Morgan fingerprint density at radius 1 is 1.00 bits per heavy atom. The lowest BCUT2D eigenvalue weighted by molar-refractivity contribution is -0.0123. The Hall–Kier alpha value is -1.67. The van der Waals surface area contributed by atoms with E-state index in [0.717, 1.165) is 31.4 Å². The molecule has 0 saturated carbocycles. The maximum Gasteiger partial charge on any atom is 0.126 e. The highest BCUT2D eigenvalue weighted by Crippen LogP contribution is 2.30. The molecule has 0 aromatic heterocycles. The minimum atomic E-state index is -0.110. The van der Waals surface area contributed by atoms with Crippen LogP contribution in [-0.4, -0.2) is 6.61 Å². The van der Waals surface area contributed by atoms with Crippen molar-refractivity contribution in [2.45, 2.75) is 45.6 Å². The first kappa shape index (κ1) is 16.2. The molecule has 1 nitrogen and oxygen atoms in total. The molecule has 0 amide bonds. The molecular formula is C21H25FO. The number of aryl methyl sites for hydroxylation is 3. The highest BCUT2D eigenvalue weighted by Gasteiger charge is 2.19. The molecule has 2 heteroatoms. The van der Waals surface area contributed by atoms with Crippen LogP contribution in [0.5, 0.6) is 0 Å². The van der Waals surface area contributed by atoms with E-state index in [4.69, 9.17) is 4.74 Å². The molecule has 0 aliphatic carbocycles. The lowest BCUT2D eigenvalue weighted by atomic mass is 9.95. The predicted molar refractivity (Wildman–Crippen MR) is 92.1 cm³/mol. The molecule has 0 bridgehead atoms. The van der Waals surface area contributed by atoms with Crippen molar-refractivity contribution in [3.63, 3.8) is 0 Å². The molecule has 23 heavy (non-hydrogen) atoms. The number of hydrogen-bond acceptors (Lipinski definition) is 1. The third kappa shape index (κ3) is 4.20. The Morgan fingerprint density at radius 2 is 1.70 bits per heavy atom. The van der Waals surface area contributed by atoms with Crippen LogP contribution < -0.4 is 0 Å². The van der Waals surface area contributed by atoms with Gasteiger partial charge in [-0.25, -0.2) is 4.39 Å². The minimum Gasteiger partial charge on any atom is -0.373 e. The quantitative estimate of drug-likeness (QED) is 0.734. The van der Waals surface area contributed by atoms with E-state index in [9.17, 15) is 4.39 Å². The van der Waals surface area contributed by atoms with Crippen molar-refractivity contribution in [1.82, 2.24) is 0 Å². The molecule has 1 aliphatic heterocycles. The number of hydrogen-bond donors (Lipinski definition) is 0. The van der Waals surface area contributed by atoms with Crippen molar-refractivity contribution in [3.05, 3.63) is 70.5 Å². The molecule has 1 saturated heterocycles. The minimum absolute atomic E-state index is 0.110. The van der Waals surface area contributed by atoms with Crippen LogP contribution in [0.25, 0.3) is 0 Å². The molecule has 1 aliphatic rings. The molecule has 0 N–H and O–H groups in total. The standard InChI is InChI=1S/C21H25FO/c1-15-3-12-21(23-14-15)19-10-8-17(9-11-19)6-7-18-5-4-16(2)20(22)13-18/h4-5,8-11,13,15,21H,3,6-7,12,14H2,1-2H3. The average molecular weight is 312 g/mol. The van der Waals surface area contributed by atoms with Gasteiger partial charge in [0.15, 0.2) is 0 Å². The van der Waals surface area contributed by atoms with Crippen LogP contribution in [0.15, 0.2) is 42.5 Å². The fourth-order valence-corrected chi connectivity index (χ4v) is 3.13. The Bertz CT molecular complexity index is 639. The molecule has 2 aromatic rings. The van der Waals surface area contributed by atoms with Gasteiger partial charge in [0.05, 0.1) is 6.10 Å². The number of rotatable bonds is 4. The summed E-state index contributed by atoms with van der Waals surface area (Å²) in [5.41, 5.74) is 4.34. The molecule has 1 fully saturated rings. The summed E-state index contributed by atoms with van der Waals surface area (Å²) in [5.74, 6) is 0.571.